The Kier molecular flexibility index (Phi) is 8.82. The number of ether oxygens (including phenoxy) is 3. The lowest BCUT2D eigenvalue weighted by atomic mass is 9.96. The molecule has 1 aliphatic rings. The van der Waals surface area contributed by atoms with Crippen LogP contribution in [-0.4, -0.2) is 63.2 Å². The second kappa shape index (κ2) is 11.5. The van der Waals surface area contributed by atoms with E-state index in [-0.39, 0.29) is 29.2 Å². The first-order valence-electron chi connectivity index (χ1n) is 11.1. The van der Waals surface area contributed by atoms with E-state index in [4.69, 9.17) is 15.4 Å². The fourth-order valence-electron chi connectivity index (χ4n) is 3.92. The number of sulfone groups is 1. The fourth-order valence-corrected chi connectivity index (χ4v) is 5.86. The smallest absolute Gasteiger partial charge is 0.457 e. The predicted octanol–water partition coefficient (Wildman–Crippen LogP) is 3.44. The van der Waals surface area contributed by atoms with E-state index in [0.29, 0.717) is 32.8 Å². The molecule has 36 heavy (non-hydrogen) atoms. The topological polar surface area (TPSA) is 117 Å². The summed E-state index contributed by atoms with van der Waals surface area (Å²) in [4.78, 5) is 18.9. The fraction of sp³-hybridized carbons (Fsp3) is 0.435. The maximum atomic E-state index is 13.6. The highest BCUT2D eigenvalue weighted by Crippen LogP contribution is 2.37. The van der Waals surface area contributed by atoms with Crippen molar-refractivity contribution in [2.75, 3.05) is 32.8 Å². The van der Waals surface area contributed by atoms with Gasteiger partial charge in [-0.3, -0.25) is 0 Å². The summed E-state index contributed by atoms with van der Waals surface area (Å²) in [5, 5.41) is 0. The number of hydrogen-bond acceptors (Lipinski definition) is 9. The maximum Gasteiger partial charge on any atom is 0.573 e. The highest BCUT2D eigenvalue weighted by atomic mass is 32.2. The summed E-state index contributed by atoms with van der Waals surface area (Å²) in [7, 11) is -4.19. The van der Waals surface area contributed by atoms with Crippen LogP contribution in [0.2, 0.25) is 0 Å². The number of carbonyl (C=O) groups is 1. The summed E-state index contributed by atoms with van der Waals surface area (Å²) in [6, 6.07) is 10.1. The van der Waals surface area contributed by atoms with Crippen LogP contribution in [0.4, 0.5) is 13.2 Å². The molecule has 1 heterocycles. The van der Waals surface area contributed by atoms with E-state index in [0.717, 1.165) is 12.1 Å². The number of alkyl halides is 3. The summed E-state index contributed by atoms with van der Waals surface area (Å²) in [6.07, 6.45) is -4.80. The van der Waals surface area contributed by atoms with Crippen molar-refractivity contribution in [2.45, 2.75) is 35.8 Å². The van der Waals surface area contributed by atoms with Crippen LogP contribution in [0.5, 0.6) is 17.2 Å². The lowest BCUT2D eigenvalue weighted by molar-refractivity contribution is -0.274. The van der Waals surface area contributed by atoms with E-state index in [1.807, 2.05) is 11.8 Å². The zero-order valence-corrected chi connectivity index (χ0v) is 20.3. The molecule has 0 spiro atoms. The van der Waals surface area contributed by atoms with Gasteiger partial charge in [0.1, 0.15) is 17.2 Å². The Bertz CT molecular complexity index is 1120. The van der Waals surface area contributed by atoms with E-state index in [9.17, 15) is 26.4 Å². The highest BCUT2D eigenvalue weighted by molar-refractivity contribution is 7.93. The molecule has 0 unspecified atom stereocenters. The van der Waals surface area contributed by atoms with Gasteiger partial charge in [-0.05, 0) is 68.3 Å². The monoisotopic (exact) mass is 532 g/mol. The third-order valence-electron chi connectivity index (χ3n) is 5.84. The van der Waals surface area contributed by atoms with Gasteiger partial charge in [0.2, 0.25) is 0 Å². The molecule has 2 aromatic carbocycles. The number of nitrogens with zero attached hydrogens (tertiary/aromatic N) is 1. The Morgan fingerprint density at radius 3 is 2.03 bits per heavy atom. The number of nitrogens with two attached hydrogens (primary N) is 1. The molecule has 0 radical (unpaired) electrons. The molecule has 1 saturated heterocycles. The molecule has 0 bridgehead atoms. The van der Waals surface area contributed by atoms with Gasteiger partial charge in [-0.1, -0.05) is 0 Å². The molecule has 0 saturated carbocycles. The van der Waals surface area contributed by atoms with E-state index in [2.05, 4.69) is 9.57 Å². The van der Waals surface area contributed by atoms with Crippen LogP contribution >= 0.6 is 0 Å². The molecule has 2 aromatic rings. The highest BCUT2D eigenvalue weighted by Gasteiger charge is 2.54. The van der Waals surface area contributed by atoms with Crippen LogP contribution in [0.1, 0.15) is 19.8 Å². The number of halogens is 3. The van der Waals surface area contributed by atoms with Crippen molar-refractivity contribution < 1.29 is 45.4 Å². The van der Waals surface area contributed by atoms with Crippen molar-refractivity contribution in [3.05, 3.63) is 48.5 Å². The van der Waals surface area contributed by atoms with Gasteiger partial charge in [0, 0.05) is 26.2 Å². The quantitative estimate of drug-likeness (QED) is 0.363. The molecule has 3 rings (SSSR count). The van der Waals surface area contributed by atoms with Crippen molar-refractivity contribution in [3.8, 4) is 17.2 Å². The molecule has 13 heteroatoms. The van der Waals surface area contributed by atoms with Gasteiger partial charge in [0.25, 0.3) is 0 Å². The second-order valence-electron chi connectivity index (χ2n) is 8.03. The van der Waals surface area contributed by atoms with Gasteiger partial charge in [-0.25, -0.2) is 13.2 Å². The summed E-state index contributed by atoms with van der Waals surface area (Å²) >= 11 is 0. The summed E-state index contributed by atoms with van der Waals surface area (Å²) in [5.41, 5.74) is 0. The first-order chi connectivity index (χ1) is 17.0. The van der Waals surface area contributed by atoms with Crippen molar-refractivity contribution in [1.29, 1.82) is 0 Å². The average Bonchev–Trinajstić information content (AvgIpc) is 2.85. The Labute approximate surface area is 206 Å². The van der Waals surface area contributed by atoms with Gasteiger partial charge < -0.3 is 23.9 Å². The largest absolute Gasteiger partial charge is 0.573 e. The Hall–Kier alpha value is -2.87. The van der Waals surface area contributed by atoms with Gasteiger partial charge >= 0.3 is 12.3 Å². The molecule has 2 N–H and O–H groups in total. The standard InChI is InChI=1S/C23H27F3N2O7S/c1-2-32-16-15-28-13-11-22(12-14-28,21(29)35-27)36(30,31)20-9-7-18(8-10-20)33-17-3-5-19(6-4-17)34-23(24,25)26/h3-10H,2,11-16,27H2,1H3. The van der Waals surface area contributed by atoms with Crippen LogP contribution in [-0.2, 0) is 24.2 Å². The Balaban J connectivity index is 1.73. The molecule has 9 nitrogen and oxygen atoms in total. The zero-order valence-electron chi connectivity index (χ0n) is 19.5. The number of hydrogen-bond donors (Lipinski definition) is 1. The second-order valence-corrected chi connectivity index (χ2v) is 10.3. The SMILES string of the molecule is CCOCCN1CCC(C(=O)ON)(S(=O)(=O)c2ccc(Oc3ccc(OC(F)(F)F)cc3)cc2)CC1. The van der Waals surface area contributed by atoms with Crippen molar-refractivity contribution >= 4 is 15.8 Å². The summed E-state index contributed by atoms with van der Waals surface area (Å²) < 4.78 is 76.9. The number of likely N-dealkylation sites (tertiary alicyclic amines) is 1. The molecule has 0 aliphatic carbocycles. The lowest BCUT2D eigenvalue weighted by Gasteiger charge is -2.38. The lowest BCUT2D eigenvalue weighted by Crippen LogP contribution is -2.55. The summed E-state index contributed by atoms with van der Waals surface area (Å²) in [6.45, 7) is 4.25. The van der Waals surface area contributed by atoms with E-state index < -0.39 is 32.7 Å². The minimum atomic E-state index is -4.81. The van der Waals surface area contributed by atoms with Crippen LogP contribution in [0.3, 0.4) is 0 Å². The van der Waals surface area contributed by atoms with Crippen molar-refractivity contribution in [1.82, 2.24) is 4.90 Å². The molecule has 0 atom stereocenters. The van der Waals surface area contributed by atoms with Gasteiger partial charge in [-0.15, -0.1) is 13.2 Å². The normalized spacial score (nSPS) is 16.4. The number of piperidine rings is 1. The maximum absolute atomic E-state index is 13.6. The first kappa shape index (κ1) is 27.7. The summed E-state index contributed by atoms with van der Waals surface area (Å²) in [5.74, 6) is 4.13. The Morgan fingerprint density at radius 1 is 1.00 bits per heavy atom. The third-order valence-corrected chi connectivity index (χ3v) is 8.34. The molecule has 198 valence electrons. The third kappa shape index (κ3) is 6.46. The van der Waals surface area contributed by atoms with Crippen LogP contribution in [0, 0.1) is 0 Å². The van der Waals surface area contributed by atoms with Gasteiger partial charge in [-0.2, -0.15) is 5.90 Å². The minimum absolute atomic E-state index is 0.00207. The molecule has 0 aromatic heterocycles. The molecule has 0 amide bonds. The van der Waals surface area contributed by atoms with E-state index >= 15 is 0 Å². The van der Waals surface area contributed by atoms with Crippen LogP contribution in [0.25, 0.3) is 0 Å². The van der Waals surface area contributed by atoms with Crippen molar-refractivity contribution in [3.63, 3.8) is 0 Å². The first-order valence-corrected chi connectivity index (χ1v) is 12.6. The molecule has 1 fully saturated rings. The van der Waals surface area contributed by atoms with Crippen molar-refractivity contribution in [2.24, 2.45) is 5.90 Å². The molecule has 1 aliphatic heterocycles. The average molecular weight is 533 g/mol. The number of rotatable bonds is 10. The number of carbonyl (C=O) groups excluding carboxylic acids is 1. The van der Waals surface area contributed by atoms with Crippen LogP contribution in [0.15, 0.2) is 53.4 Å². The van der Waals surface area contributed by atoms with Gasteiger partial charge in [0.05, 0.1) is 11.5 Å². The zero-order chi connectivity index (χ0) is 26.4. The molecular formula is C23H27F3N2O7S. The minimum Gasteiger partial charge on any atom is -0.457 e. The van der Waals surface area contributed by atoms with Gasteiger partial charge in [0.15, 0.2) is 14.6 Å². The van der Waals surface area contributed by atoms with E-state index in [1.54, 1.807) is 0 Å². The Morgan fingerprint density at radius 2 is 1.53 bits per heavy atom. The van der Waals surface area contributed by atoms with Crippen LogP contribution < -0.4 is 15.4 Å². The van der Waals surface area contributed by atoms with E-state index in [1.165, 1.54) is 36.4 Å². The predicted molar refractivity (Wildman–Crippen MR) is 122 cm³/mol. The number of benzene rings is 2. The molecular weight excluding hydrogens is 505 g/mol.